The summed E-state index contributed by atoms with van der Waals surface area (Å²) in [6, 6.07) is 0.793. The fourth-order valence-electron chi connectivity index (χ4n) is 1.58. The standard InChI is InChI=1S/C8H18N2/c1-7-6-10(7)8(2,3)4-5-9/h7H,4-6,9H2,1-3H3. The summed E-state index contributed by atoms with van der Waals surface area (Å²) in [5, 5.41) is 0. The number of hydrogen-bond donors (Lipinski definition) is 1. The van der Waals surface area contributed by atoms with E-state index in [1.807, 2.05) is 0 Å². The molecule has 1 aliphatic rings. The highest BCUT2D eigenvalue weighted by Crippen LogP contribution is 2.30. The van der Waals surface area contributed by atoms with Crippen LogP contribution in [0.3, 0.4) is 0 Å². The molecule has 2 atom stereocenters. The monoisotopic (exact) mass is 142 g/mol. The van der Waals surface area contributed by atoms with Gasteiger partial charge in [0.15, 0.2) is 0 Å². The van der Waals surface area contributed by atoms with Gasteiger partial charge in [-0.1, -0.05) is 0 Å². The largest absolute Gasteiger partial charge is 0.330 e. The van der Waals surface area contributed by atoms with Crippen LogP contribution in [0.1, 0.15) is 27.2 Å². The van der Waals surface area contributed by atoms with Crippen LogP contribution in [-0.4, -0.2) is 29.6 Å². The number of rotatable bonds is 3. The SMILES string of the molecule is CC1CN1C(C)(C)CCN. The van der Waals surface area contributed by atoms with Crippen LogP contribution in [0, 0.1) is 0 Å². The Bertz CT molecular complexity index is 120. The summed E-state index contributed by atoms with van der Waals surface area (Å²) < 4.78 is 0. The van der Waals surface area contributed by atoms with Crippen molar-refractivity contribution < 1.29 is 0 Å². The van der Waals surface area contributed by atoms with Crippen molar-refractivity contribution in [1.82, 2.24) is 4.90 Å². The van der Waals surface area contributed by atoms with E-state index in [4.69, 9.17) is 5.73 Å². The maximum Gasteiger partial charge on any atom is 0.0201 e. The first-order valence-corrected chi connectivity index (χ1v) is 4.05. The Hall–Kier alpha value is -0.0800. The van der Waals surface area contributed by atoms with Crippen molar-refractivity contribution in [2.45, 2.75) is 38.8 Å². The van der Waals surface area contributed by atoms with E-state index in [0.29, 0.717) is 5.54 Å². The van der Waals surface area contributed by atoms with Gasteiger partial charge in [0, 0.05) is 18.1 Å². The molecule has 0 aliphatic carbocycles. The first-order valence-electron chi connectivity index (χ1n) is 4.05. The van der Waals surface area contributed by atoms with Gasteiger partial charge in [0.2, 0.25) is 0 Å². The number of nitrogens with zero attached hydrogens (tertiary/aromatic N) is 1. The molecule has 0 aromatic rings. The Labute approximate surface area is 63.4 Å². The molecule has 0 saturated carbocycles. The van der Waals surface area contributed by atoms with Crippen molar-refractivity contribution in [2.75, 3.05) is 13.1 Å². The van der Waals surface area contributed by atoms with Crippen molar-refractivity contribution in [1.29, 1.82) is 0 Å². The van der Waals surface area contributed by atoms with Crippen molar-refractivity contribution in [3.05, 3.63) is 0 Å². The predicted octanol–water partition coefficient (Wildman–Crippen LogP) is 0.818. The van der Waals surface area contributed by atoms with Crippen LogP contribution in [0.15, 0.2) is 0 Å². The van der Waals surface area contributed by atoms with Gasteiger partial charge in [0.25, 0.3) is 0 Å². The zero-order valence-corrected chi connectivity index (χ0v) is 7.22. The Balaban J connectivity index is 2.36. The van der Waals surface area contributed by atoms with Crippen molar-refractivity contribution in [3.63, 3.8) is 0 Å². The lowest BCUT2D eigenvalue weighted by molar-refractivity contribution is 0.249. The molecule has 0 spiro atoms. The van der Waals surface area contributed by atoms with E-state index < -0.39 is 0 Å². The Kier molecular flexibility index (Phi) is 2.02. The highest BCUT2D eigenvalue weighted by molar-refractivity contribution is 4.96. The van der Waals surface area contributed by atoms with E-state index in [0.717, 1.165) is 19.0 Å². The lowest BCUT2D eigenvalue weighted by Gasteiger charge is -2.26. The van der Waals surface area contributed by atoms with Crippen LogP contribution >= 0.6 is 0 Å². The molecule has 0 aromatic heterocycles. The van der Waals surface area contributed by atoms with Crippen LogP contribution in [0.4, 0.5) is 0 Å². The van der Waals surface area contributed by atoms with Gasteiger partial charge in [0.1, 0.15) is 0 Å². The molecule has 1 aliphatic heterocycles. The lowest BCUT2D eigenvalue weighted by atomic mass is 10.0. The zero-order chi connectivity index (χ0) is 7.78. The normalized spacial score (nSPS) is 32.4. The van der Waals surface area contributed by atoms with Crippen LogP contribution in [0.5, 0.6) is 0 Å². The van der Waals surface area contributed by atoms with E-state index in [9.17, 15) is 0 Å². The Morgan fingerprint density at radius 3 is 2.40 bits per heavy atom. The highest BCUT2D eigenvalue weighted by atomic mass is 15.3. The second-order valence-corrected chi connectivity index (χ2v) is 3.85. The molecule has 1 fully saturated rings. The summed E-state index contributed by atoms with van der Waals surface area (Å²) in [6.07, 6.45) is 1.11. The molecule has 0 bridgehead atoms. The molecule has 0 radical (unpaired) electrons. The zero-order valence-electron chi connectivity index (χ0n) is 7.22. The second kappa shape index (κ2) is 2.51. The number of hydrogen-bond acceptors (Lipinski definition) is 2. The first kappa shape index (κ1) is 8.02. The molecule has 10 heavy (non-hydrogen) atoms. The summed E-state index contributed by atoms with van der Waals surface area (Å²) in [7, 11) is 0. The molecule has 2 heteroatoms. The maximum atomic E-state index is 5.50. The predicted molar refractivity (Wildman–Crippen MR) is 43.9 cm³/mol. The molecule has 60 valence electrons. The van der Waals surface area contributed by atoms with Gasteiger partial charge in [-0.15, -0.1) is 0 Å². The molecule has 0 aromatic carbocycles. The van der Waals surface area contributed by atoms with Crippen molar-refractivity contribution in [3.8, 4) is 0 Å². The van der Waals surface area contributed by atoms with Gasteiger partial charge in [0.05, 0.1) is 0 Å². The average Bonchev–Trinajstić information content (AvgIpc) is 2.46. The van der Waals surface area contributed by atoms with Gasteiger partial charge < -0.3 is 5.73 Å². The molecule has 2 nitrogen and oxygen atoms in total. The second-order valence-electron chi connectivity index (χ2n) is 3.85. The van der Waals surface area contributed by atoms with Crippen molar-refractivity contribution in [2.24, 2.45) is 5.73 Å². The maximum absolute atomic E-state index is 5.50. The molecular weight excluding hydrogens is 124 g/mol. The van der Waals surface area contributed by atoms with Crippen LogP contribution in [0.25, 0.3) is 0 Å². The molecule has 0 amide bonds. The molecule has 1 saturated heterocycles. The molecule has 1 rings (SSSR count). The van der Waals surface area contributed by atoms with Crippen molar-refractivity contribution >= 4 is 0 Å². The fraction of sp³-hybridized carbons (Fsp3) is 1.00. The third kappa shape index (κ3) is 1.50. The third-order valence-electron chi connectivity index (χ3n) is 2.39. The molecule has 2 N–H and O–H groups in total. The summed E-state index contributed by atoms with van der Waals surface area (Å²) in [5.74, 6) is 0. The minimum atomic E-state index is 0.341. The van der Waals surface area contributed by atoms with E-state index in [-0.39, 0.29) is 0 Å². The number of nitrogens with two attached hydrogens (primary N) is 1. The first-order chi connectivity index (χ1) is 4.58. The molecule has 1 heterocycles. The summed E-state index contributed by atoms with van der Waals surface area (Å²) in [4.78, 5) is 2.49. The quantitative estimate of drug-likeness (QED) is 0.591. The van der Waals surface area contributed by atoms with E-state index in [1.165, 1.54) is 6.54 Å². The van der Waals surface area contributed by atoms with Gasteiger partial charge >= 0.3 is 0 Å². The third-order valence-corrected chi connectivity index (χ3v) is 2.39. The summed E-state index contributed by atoms with van der Waals surface area (Å²) in [5.41, 5.74) is 5.84. The van der Waals surface area contributed by atoms with E-state index in [1.54, 1.807) is 0 Å². The van der Waals surface area contributed by atoms with Crippen LogP contribution in [-0.2, 0) is 0 Å². The highest BCUT2D eigenvalue weighted by Gasteiger charge is 2.40. The molecule has 2 unspecified atom stereocenters. The Morgan fingerprint density at radius 2 is 2.10 bits per heavy atom. The van der Waals surface area contributed by atoms with Crippen LogP contribution in [0.2, 0.25) is 0 Å². The van der Waals surface area contributed by atoms with E-state index >= 15 is 0 Å². The lowest BCUT2D eigenvalue weighted by Crippen LogP contribution is -2.34. The van der Waals surface area contributed by atoms with Crippen LogP contribution < -0.4 is 5.73 Å². The smallest absolute Gasteiger partial charge is 0.0201 e. The van der Waals surface area contributed by atoms with Gasteiger partial charge in [-0.25, -0.2) is 0 Å². The fourth-order valence-corrected chi connectivity index (χ4v) is 1.58. The minimum absolute atomic E-state index is 0.341. The van der Waals surface area contributed by atoms with Gasteiger partial charge in [-0.3, -0.25) is 4.90 Å². The minimum Gasteiger partial charge on any atom is -0.330 e. The van der Waals surface area contributed by atoms with E-state index in [2.05, 4.69) is 25.7 Å². The molecular formula is C8H18N2. The summed E-state index contributed by atoms with van der Waals surface area (Å²) in [6.45, 7) is 8.86. The average molecular weight is 142 g/mol. The van der Waals surface area contributed by atoms with Gasteiger partial charge in [-0.05, 0) is 33.7 Å². The summed E-state index contributed by atoms with van der Waals surface area (Å²) >= 11 is 0. The van der Waals surface area contributed by atoms with Gasteiger partial charge in [-0.2, -0.15) is 0 Å². The Morgan fingerprint density at radius 1 is 1.60 bits per heavy atom. The topological polar surface area (TPSA) is 29.0 Å².